The molecule has 0 aliphatic rings. The van der Waals surface area contributed by atoms with Crippen LogP contribution in [0.15, 0.2) is 23.3 Å². The zero-order chi connectivity index (χ0) is 12.5. The quantitative estimate of drug-likeness (QED) is 0.396. The second-order valence-electron chi connectivity index (χ2n) is 2.19. The van der Waals surface area contributed by atoms with Crippen LogP contribution in [0.5, 0.6) is 0 Å². The van der Waals surface area contributed by atoms with Gasteiger partial charge >= 0.3 is 0 Å². The van der Waals surface area contributed by atoms with Gasteiger partial charge in [-0.3, -0.25) is 0 Å². The summed E-state index contributed by atoms with van der Waals surface area (Å²) >= 11 is 0. The van der Waals surface area contributed by atoms with Crippen LogP contribution in [0.4, 0.5) is 0 Å². The lowest BCUT2D eigenvalue weighted by atomic mass is 10.4. The molecule has 3 N–H and O–H groups in total. The SMILES string of the molecule is C#C.C=C(OCCO)/C(=C\C)S(N)(=O)=O. The Hall–Kier alpha value is -1.29. The van der Waals surface area contributed by atoms with Crippen LogP contribution in [-0.4, -0.2) is 26.7 Å². The van der Waals surface area contributed by atoms with E-state index >= 15 is 0 Å². The third kappa shape index (κ3) is 6.74. The fraction of sp³-hybridized carbons (Fsp3) is 0.333. The topological polar surface area (TPSA) is 89.6 Å². The molecule has 0 aromatic carbocycles. The second kappa shape index (κ2) is 8.05. The lowest BCUT2D eigenvalue weighted by Crippen LogP contribution is -2.17. The van der Waals surface area contributed by atoms with Crippen LogP contribution in [0.2, 0.25) is 0 Å². The second-order valence-corrected chi connectivity index (χ2v) is 3.72. The highest BCUT2D eigenvalue weighted by atomic mass is 32.2. The minimum absolute atomic E-state index is 0.00824. The number of sulfonamides is 1. The highest BCUT2D eigenvalue weighted by Crippen LogP contribution is 2.13. The Labute approximate surface area is 90.3 Å². The van der Waals surface area contributed by atoms with E-state index in [0.29, 0.717) is 0 Å². The van der Waals surface area contributed by atoms with Crippen LogP contribution in [0.1, 0.15) is 6.92 Å². The predicted octanol–water partition coefficient (Wildman–Crippen LogP) is -0.0493. The van der Waals surface area contributed by atoms with E-state index in [1.165, 1.54) is 13.0 Å². The Morgan fingerprint density at radius 3 is 2.33 bits per heavy atom. The maximum atomic E-state index is 10.9. The third-order valence-electron chi connectivity index (χ3n) is 1.21. The largest absolute Gasteiger partial charge is 0.490 e. The van der Waals surface area contributed by atoms with Crippen molar-refractivity contribution < 1.29 is 18.3 Å². The number of nitrogens with two attached hydrogens (primary N) is 1. The standard InChI is InChI=1S/C7H13NO4S.C2H2/c1-3-7(13(8,10)11)6(2)12-5-4-9;1-2/h3,9H,2,4-5H2,1H3,(H2,8,10,11);1-2H/b7-3+;. The molecule has 0 aromatic heterocycles. The molecular formula is C9H15NO4S. The summed E-state index contributed by atoms with van der Waals surface area (Å²) in [4.78, 5) is -0.166. The molecule has 0 radical (unpaired) electrons. The van der Waals surface area contributed by atoms with Crippen LogP contribution >= 0.6 is 0 Å². The average molecular weight is 233 g/mol. The van der Waals surface area contributed by atoms with E-state index in [1.54, 1.807) is 0 Å². The molecule has 6 heteroatoms. The number of terminal acetylenes is 1. The highest BCUT2D eigenvalue weighted by Gasteiger charge is 2.15. The zero-order valence-electron chi connectivity index (χ0n) is 8.51. The van der Waals surface area contributed by atoms with E-state index in [0.717, 1.165) is 0 Å². The van der Waals surface area contributed by atoms with Crippen LogP contribution in [0.3, 0.4) is 0 Å². The molecule has 5 nitrogen and oxygen atoms in total. The summed E-state index contributed by atoms with van der Waals surface area (Å²) in [6, 6.07) is 0. The summed E-state index contributed by atoms with van der Waals surface area (Å²) in [6.07, 6.45) is 9.29. The summed E-state index contributed by atoms with van der Waals surface area (Å²) in [5.74, 6) is -0.0564. The number of hydrogen-bond donors (Lipinski definition) is 2. The fourth-order valence-corrected chi connectivity index (χ4v) is 1.43. The number of hydrogen-bond acceptors (Lipinski definition) is 4. The number of aliphatic hydroxyl groups is 1. The van der Waals surface area contributed by atoms with E-state index < -0.39 is 10.0 Å². The molecule has 0 saturated heterocycles. The number of primary sulfonamides is 1. The maximum absolute atomic E-state index is 10.9. The van der Waals surface area contributed by atoms with Crippen molar-refractivity contribution in [1.82, 2.24) is 0 Å². The molecule has 0 unspecified atom stereocenters. The lowest BCUT2D eigenvalue weighted by molar-refractivity contribution is 0.152. The molecule has 0 aromatic rings. The van der Waals surface area contributed by atoms with E-state index in [1.807, 2.05) is 0 Å². The van der Waals surface area contributed by atoms with Crippen molar-refractivity contribution in [3.05, 3.63) is 23.3 Å². The van der Waals surface area contributed by atoms with Crippen molar-refractivity contribution in [1.29, 1.82) is 0 Å². The van der Waals surface area contributed by atoms with Gasteiger partial charge in [-0.1, -0.05) is 12.7 Å². The van der Waals surface area contributed by atoms with E-state index in [4.69, 9.17) is 15.0 Å². The minimum Gasteiger partial charge on any atom is -0.490 e. The Kier molecular flexibility index (Phi) is 8.67. The molecule has 0 amide bonds. The molecule has 15 heavy (non-hydrogen) atoms. The maximum Gasteiger partial charge on any atom is 0.241 e. The summed E-state index contributed by atoms with van der Waals surface area (Å²) < 4.78 is 26.5. The van der Waals surface area contributed by atoms with Crippen molar-refractivity contribution in [2.45, 2.75) is 6.92 Å². The normalized spacial score (nSPS) is 11.1. The number of rotatable bonds is 5. The molecule has 0 rings (SSSR count). The van der Waals surface area contributed by atoms with Crippen molar-refractivity contribution in [2.75, 3.05) is 13.2 Å². The molecule has 0 heterocycles. The van der Waals surface area contributed by atoms with Gasteiger partial charge in [-0.2, -0.15) is 0 Å². The van der Waals surface area contributed by atoms with Gasteiger partial charge in [-0.15, -0.1) is 12.8 Å². The van der Waals surface area contributed by atoms with E-state index in [-0.39, 0.29) is 23.9 Å². The first-order chi connectivity index (χ1) is 6.93. The molecule has 0 fully saturated rings. The van der Waals surface area contributed by atoms with Crippen molar-refractivity contribution >= 4 is 10.0 Å². The van der Waals surface area contributed by atoms with Crippen molar-refractivity contribution in [3.8, 4) is 12.8 Å². The first-order valence-electron chi connectivity index (χ1n) is 3.89. The van der Waals surface area contributed by atoms with Crippen LogP contribution in [0, 0.1) is 12.8 Å². The number of aliphatic hydroxyl groups excluding tert-OH is 1. The van der Waals surface area contributed by atoms with Gasteiger partial charge in [-0.05, 0) is 6.92 Å². The summed E-state index contributed by atoms with van der Waals surface area (Å²) in [7, 11) is -3.79. The Bertz CT molecular complexity index is 340. The Balaban J connectivity index is 0. The van der Waals surface area contributed by atoms with Crippen LogP contribution < -0.4 is 5.14 Å². The number of allylic oxidation sites excluding steroid dienone is 1. The van der Waals surface area contributed by atoms with Crippen molar-refractivity contribution in [3.63, 3.8) is 0 Å². The van der Waals surface area contributed by atoms with Crippen LogP contribution in [0.25, 0.3) is 0 Å². The summed E-state index contributed by atoms with van der Waals surface area (Å²) in [5, 5.41) is 13.3. The van der Waals surface area contributed by atoms with Gasteiger partial charge in [-0.25, -0.2) is 13.6 Å². The molecular weight excluding hydrogens is 218 g/mol. The predicted molar refractivity (Wildman–Crippen MR) is 58.9 cm³/mol. The summed E-state index contributed by atoms with van der Waals surface area (Å²) in [5.41, 5.74) is 0. The van der Waals surface area contributed by atoms with Gasteiger partial charge in [0.2, 0.25) is 10.0 Å². The van der Waals surface area contributed by atoms with E-state index in [9.17, 15) is 8.42 Å². The summed E-state index contributed by atoms with van der Waals surface area (Å²) in [6.45, 7) is 4.66. The minimum atomic E-state index is -3.79. The van der Waals surface area contributed by atoms with Crippen LogP contribution in [-0.2, 0) is 14.8 Å². The zero-order valence-corrected chi connectivity index (χ0v) is 9.33. The monoisotopic (exact) mass is 233 g/mol. The molecule has 86 valence electrons. The van der Waals surface area contributed by atoms with Gasteiger partial charge in [0.25, 0.3) is 0 Å². The van der Waals surface area contributed by atoms with Gasteiger partial charge in [0.05, 0.1) is 6.61 Å². The average Bonchev–Trinajstić information content (AvgIpc) is 2.16. The van der Waals surface area contributed by atoms with Crippen molar-refractivity contribution in [2.24, 2.45) is 5.14 Å². The lowest BCUT2D eigenvalue weighted by Gasteiger charge is -2.08. The molecule has 0 spiro atoms. The molecule has 0 bridgehead atoms. The first kappa shape index (κ1) is 16.2. The smallest absolute Gasteiger partial charge is 0.241 e. The Morgan fingerprint density at radius 1 is 1.60 bits per heavy atom. The Morgan fingerprint density at radius 2 is 2.07 bits per heavy atom. The van der Waals surface area contributed by atoms with Gasteiger partial charge in [0, 0.05) is 0 Å². The fourth-order valence-electron chi connectivity index (χ4n) is 0.724. The van der Waals surface area contributed by atoms with Gasteiger partial charge in [0.1, 0.15) is 17.3 Å². The van der Waals surface area contributed by atoms with Gasteiger partial charge in [0.15, 0.2) is 0 Å². The molecule has 0 aliphatic carbocycles. The molecule has 0 atom stereocenters. The number of ether oxygens (including phenoxy) is 1. The van der Waals surface area contributed by atoms with E-state index in [2.05, 4.69) is 19.4 Å². The molecule has 0 saturated carbocycles. The first-order valence-corrected chi connectivity index (χ1v) is 5.43. The highest BCUT2D eigenvalue weighted by molar-refractivity contribution is 7.93. The van der Waals surface area contributed by atoms with Gasteiger partial charge < -0.3 is 9.84 Å². The molecule has 0 aliphatic heterocycles. The third-order valence-corrected chi connectivity index (χ3v) is 2.29.